The van der Waals surface area contributed by atoms with Crippen molar-refractivity contribution in [3.8, 4) is 45.8 Å². The number of nitrogens with zero attached hydrogens (tertiary/aromatic N) is 1. The summed E-state index contributed by atoms with van der Waals surface area (Å²) in [6, 6.07) is 94.4. The second-order valence-electron chi connectivity index (χ2n) is 37.9. The molecule has 12 nitrogen and oxygen atoms in total. The molecule has 0 radical (unpaired) electrons. The van der Waals surface area contributed by atoms with E-state index < -0.39 is 0 Å². The first kappa shape index (κ1) is 109. The van der Waals surface area contributed by atoms with Crippen LogP contribution in [0, 0.1) is 17.8 Å². The third-order valence-corrected chi connectivity index (χ3v) is 24.8. The Morgan fingerprint density at radius 1 is 0.437 bits per heavy atom. The Hall–Kier alpha value is -11.6. The van der Waals surface area contributed by atoms with Crippen LogP contribution >= 0.6 is 11.3 Å². The highest BCUT2D eigenvalue weighted by molar-refractivity contribution is 7.09. The van der Waals surface area contributed by atoms with E-state index in [-0.39, 0.29) is 11.9 Å². The number of oxazole rings is 1. The van der Waals surface area contributed by atoms with E-state index in [0.717, 1.165) is 87.9 Å². The maximum atomic E-state index is 11.6. The molecule has 0 spiro atoms. The summed E-state index contributed by atoms with van der Waals surface area (Å²) in [6.07, 6.45) is 14.5. The molecule has 2 aromatic heterocycles. The number of para-hydroxylation sites is 3. The normalized spacial score (nSPS) is 13.4. The van der Waals surface area contributed by atoms with Gasteiger partial charge in [0.1, 0.15) is 36.2 Å². The molecular weight excluding hydrogens is 1690 g/mol. The quantitative estimate of drug-likeness (QED) is 0.0343. The van der Waals surface area contributed by atoms with E-state index in [1.807, 2.05) is 157 Å². The molecule has 135 heavy (non-hydrogen) atoms. The van der Waals surface area contributed by atoms with Gasteiger partial charge in [-0.3, -0.25) is 0 Å². The van der Waals surface area contributed by atoms with Gasteiger partial charge in [0.25, 0.3) is 0 Å². The lowest BCUT2D eigenvalue weighted by atomic mass is 9.85. The number of aryl methyl sites for hydroxylation is 2. The minimum atomic E-state index is -0.275. The number of carbonyl (C=O) groups excluding carboxylic acids is 2. The highest BCUT2D eigenvalue weighted by Crippen LogP contribution is 2.51. The number of carbonyl (C=O) groups is 2. The van der Waals surface area contributed by atoms with Crippen molar-refractivity contribution in [3.05, 3.63) is 385 Å². The van der Waals surface area contributed by atoms with Gasteiger partial charge < -0.3 is 32.8 Å². The predicted molar refractivity (Wildman–Crippen MR) is 561 cm³/mol. The summed E-state index contributed by atoms with van der Waals surface area (Å²) in [6.45, 7) is 48.2. The van der Waals surface area contributed by atoms with Crippen molar-refractivity contribution in [1.29, 1.82) is 0 Å². The average molecular weight is 1840 g/mol. The lowest BCUT2D eigenvalue weighted by molar-refractivity contribution is -0.322. The van der Waals surface area contributed by atoms with E-state index in [1.54, 1.807) is 29.0 Å². The van der Waals surface area contributed by atoms with Gasteiger partial charge in [-0.25, -0.2) is 24.3 Å². The van der Waals surface area contributed by atoms with Gasteiger partial charge in [0.2, 0.25) is 6.79 Å². The third-order valence-electron chi connectivity index (χ3n) is 23.8. The summed E-state index contributed by atoms with van der Waals surface area (Å²) in [4.78, 5) is 38.0. The number of methoxy groups -OCH3 is 1. The second-order valence-corrected chi connectivity index (χ2v) is 39.0. The first-order chi connectivity index (χ1) is 65.0. The molecule has 13 heteroatoms. The Kier molecular flexibility index (Phi) is 47.2. The molecule has 4 aliphatic rings. The Bertz CT molecular complexity index is 5450. The fraction of sp³-hybridized carbons (Fsp3) is 0.385. The van der Waals surface area contributed by atoms with E-state index >= 15 is 0 Å². The molecular formula is C122H153NO11S. The fourth-order valence-electron chi connectivity index (χ4n) is 15.2. The van der Waals surface area contributed by atoms with Crippen molar-refractivity contribution in [2.75, 3.05) is 20.5 Å². The number of aromatic nitrogens is 1. The van der Waals surface area contributed by atoms with Gasteiger partial charge in [0.05, 0.1) is 31.0 Å². The Labute approximate surface area is 814 Å². The molecule has 2 atom stereocenters. The van der Waals surface area contributed by atoms with Crippen LogP contribution in [0.3, 0.4) is 0 Å². The molecule has 718 valence electrons. The summed E-state index contributed by atoms with van der Waals surface area (Å²) < 4.78 is 37.0. The van der Waals surface area contributed by atoms with Crippen LogP contribution in [0.5, 0.6) is 34.5 Å². The first-order valence-electron chi connectivity index (χ1n) is 49.0. The third kappa shape index (κ3) is 38.2. The summed E-state index contributed by atoms with van der Waals surface area (Å²) in [5, 5.41) is 2.15. The number of ether oxygens (including phenoxy) is 6. The van der Waals surface area contributed by atoms with Gasteiger partial charge in [-0.2, -0.15) is 0 Å². The molecule has 0 N–H and O–H groups in total. The molecule has 2 aliphatic carbocycles. The maximum absolute atomic E-state index is 11.6. The zero-order chi connectivity index (χ0) is 97.6. The number of fused-ring (bicyclic) bond motifs is 3. The molecule has 2 aliphatic heterocycles. The van der Waals surface area contributed by atoms with Crippen LogP contribution in [-0.2, 0) is 51.7 Å². The van der Waals surface area contributed by atoms with Gasteiger partial charge in [0, 0.05) is 10.4 Å². The highest BCUT2D eigenvalue weighted by Gasteiger charge is 2.40. The zero-order valence-electron chi connectivity index (χ0n) is 84.8. The van der Waals surface area contributed by atoms with Crippen molar-refractivity contribution in [2.24, 2.45) is 17.8 Å². The first-order valence-corrected chi connectivity index (χ1v) is 49.9. The monoisotopic (exact) mass is 1840 g/mol. The van der Waals surface area contributed by atoms with E-state index in [1.165, 1.54) is 113 Å². The van der Waals surface area contributed by atoms with Crippen LogP contribution in [0.1, 0.15) is 335 Å². The SMILES string of the molecule is CC(C)CCc1cccs1.CC(C)[C@@H]1CC1c1ccccc1.CC(C)c1ccc(-c2cnco2)cc1.CC(C)c1ccc(Oc2ccccc2)cc1.CC(C)c1ccc2c(c1)COOC2.CC(C)c1ccc2c(c1)OCO2.CC(C)c1cccc2c1CCCC2.CC(C)c1ccccc1Oc1ccccc1.CCCCOC(=O)c1ccc(C(C)C)cc1.COC(=O)c1cccc(C(C)C)c1. The molecule has 1 unspecified atom stereocenters. The topological polar surface area (TPSA) is 134 Å². The number of rotatable bonds is 23. The van der Waals surface area contributed by atoms with Crippen LogP contribution in [0.25, 0.3) is 11.3 Å². The molecule has 0 bridgehead atoms. The minimum Gasteiger partial charge on any atom is -0.465 e. The number of unbranched alkanes of at least 4 members (excludes halogenated alkanes) is 1. The predicted octanol–water partition coefficient (Wildman–Crippen LogP) is 34.8. The van der Waals surface area contributed by atoms with Crippen molar-refractivity contribution >= 4 is 23.3 Å². The van der Waals surface area contributed by atoms with Crippen LogP contribution in [0.15, 0.2) is 301 Å². The summed E-state index contributed by atoms with van der Waals surface area (Å²) in [5.74, 6) is 13.5. The van der Waals surface area contributed by atoms with Crippen molar-refractivity contribution < 1.29 is 52.2 Å². The van der Waals surface area contributed by atoms with Gasteiger partial charge in [-0.05, 0) is 285 Å². The van der Waals surface area contributed by atoms with Gasteiger partial charge in [-0.15, -0.1) is 11.3 Å². The number of thiophene rings is 1. The molecule has 0 saturated heterocycles. The zero-order valence-corrected chi connectivity index (χ0v) is 85.6. The second kappa shape index (κ2) is 58.6. The lowest BCUT2D eigenvalue weighted by Gasteiger charge is -2.21. The Morgan fingerprint density at radius 3 is 1.51 bits per heavy atom. The number of hydrogen-bond acceptors (Lipinski definition) is 13. The number of esters is 2. The molecule has 11 aromatic carbocycles. The lowest BCUT2D eigenvalue weighted by Crippen LogP contribution is -2.08. The molecule has 0 amide bonds. The van der Waals surface area contributed by atoms with Crippen LogP contribution in [-0.4, -0.2) is 37.4 Å². The summed E-state index contributed by atoms with van der Waals surface area (Å²) >= 11 is 1.86. The molecule has 1 saturated carbocycles. The fourth-order valence-corrected chi connectivity index (χ4v) is 15.9. The number of benzene rings is 11. The van der Waals surface area contributed by atoms with Gasteiger partial charge >= 0.3 is 11.9 Å². The maximum Gasteiger partial charge on any atom is 0.338 e. The smallest absolute Gasteiger partial charge is 0.338 e. The van der Waals surface area contributed by atoms with E-state index in [0.29, 0.717) is 85.1 Å². The Balaban J connectivity index is 0.000000185. The van der Waals surface area contributed by atoms with Crippen molar-refractivity contribution in [2.45, 2.75) is 270 Å². The average Bonchev–Trinajstić information content (AvgIpc) is 1.65. The standard InChI is InChI=1S/2C15H16O.C14H20O2.C13H18.C12H13NO.C12H16.2C11H14O2.C10H12O2.C9H14S/c1-12(2)14-10-6-7-11-15(14)16-13-8-4-3-5-9-13;1-12(2)13-8-10-15(11-9-13)16-14-6-4-3-5-7-14;1-4-5-10-16-14(15)13-8-6-12(7-9-13)11(2)3;1-10(2)12-9-5-7-11-6-3-4-8-13(11)12;1-9(2)10-3-5-11(6-4-10)12-7-13-8-14-12;1-9(2)11-8-12(11)10-6-4-3-5-7-10;1-8(2)9-3-4-10-6-12-13-7-11(10)5-9;1-8(2)9-5-4-6-10(7-9)11(12)13-3;1-7(2)8-3-4-9-10(5-8)12-6-11-9;1-8(2)5-6-9-4-3-7-10-9/h2*3-12H,1-2H3;6-9,11H,4-5,10H2,1-3H3;5,7,9-10H,3-4,6,8H2,1-2H3;3-9H,1-2H3;3-7,9,11-12H,8H2,1-2H3;3-5,8H,6-7H2,1-2H3;4-8H,1-3H3;3-5,7H,6H2,1-2H3;3-4,7-8H,5-6H2,1-2H3/t;;;;;11-,12?;;;;/m.....0..../s1. The summed E-state index contributed by atoms with van der Waals surface area (Å²) in [7, 11) is 1.39. The van der Waals surface area contributed by atoms with Gasteiger partial charge in [0.15, 0.2) is 23.7 Å². The molecule has 13 aromatic rings. The number of hydrogen-bond donors (Lipinski definition) is 0. The Morgan fingerprint density at radius 2 is 0.956 bits per heavy atom. The largest absolute Gasteiger partial charge is 0.465 e. The highest BCUT2D eigenvalue weighted by atomic mass is 32.1. The van der Waals surface area contributed by atoms with Gasteiger partial charge in [-0.1, -0.05) is 346 Å². The van der Waals surface area contributed by atoms with E-state index in [2.05, 4.69) is 288 Å². The van der Waals surface area contributed by atoms with Crippen LogP contribution in [0.2, 0.25) is 0 Å². The molecule has 1 fully saturated rings. The van der Waals surface area contributed by atoms with Crippen molar-refractivity contribution in [3.63, 3.8) is 0 Å². The van der Waals surface area contributed by atoms with Crippen LogP contribution < -0.4 is 18.9 Å². The minimum absolute atomic E-state index is 0.219. The van der Waals surface area contributed by atoms with E-state index in [9.17, 15) is 9.59 Å². The molecule has 17 rings (SSSR count). The van der Waals surface area contributed by atoms with Crippen molar-refractivity contribution in [1.82, 2.24) is 4.98 Å². The molecule has 4 heterocycles. The van der Waals surface area contributed by atoms with Crippen LogP contribution in [0.4, 0.5) is 0 Å². The summed E-state index contributed by atoms with van der Waals surface area (Å²) in [5.41, 5.74) is 20.2. The van der Waals surface area contributed by atoms with E-state index in [4.69, 9.17) is 37.9 Å².